The van der Waals surface area contributed by atoms with E-state index in [0.717, 1.165) is 32.6 Å². The smallest absolute Gasteiger partial charge is 0.0484 e. The largest absolute Gasteiger partial charge is 0.381 e. The lowest BCUT2D eigenvalue weighted by molar-refractivity contribution is 0.127. The van der Waals surface area contributed by atoms with E-state index in [-0.39, 0.29) is 0 Å². The molecule has 0 amide bonds. The molecule has 1 atom stereocenters. The maximum Gasteiger partial charge on any atom is 0.0484 e. The Balaban J connectivity index is 2.33. The molecule has 0 saturated carbocycles. The minimum absolute atomic E-state index is 0.562. The van der Waals surface area contributed by atoms with E-state index in [9.17, 15) is 0 Å². The Kier molecular flexibility index (Phi) is 8.37. The number of rotatable bonds is 9. The van der Waals surface area contributed by atoms with E-state index in [2.05, 4.69) is 25.2 Å². The third kappa shape index (κ3) is 6.23. The van der Waals surface area contributed by atoms with Crippen molar-refractivity contribution in [2.24, 2.45) is 0 Å². The fourth-order valence-electron chi connectivity index (χ4n) is 2.36. The van der Waals surface area contributed by atoms with Gasteiger partial charge >= 0.3 is 0 Å². The van der Waals surface area contributed by atoms with Crippen molar-refractivity contribution in [2.45, 2.75) is 64.8 Å². The lowest BCUT2D eigenvalue weighted by Crippen LogP contribution is -2.33. The summed E-state index contributed by atoms with van der Waals surface area (Å²) in [4.78, 5) is 0. The number of hydrogen-bond donors (Lipinski definition) is 1. The first-order chi connectivity index (χ1) is 8.38. The van der Waals surface area contributed by atoms with Gasteiger partial charge in [0.25, 0.3) is 0 Å². The lowest BCUT2D eigenvalue weighted by Gasteiger charge is -2.24. The van der Waals surface area contributed by atoms with Gasteiger partial charge in [0.05, 0.1) is 0 Å². The molecular weight excluding hydrogens is 210 g/mol. The zero-order valence-electron chi connectivity index (χ0n) is 11.6. The summed E-state index contributed by atoms with van der Waals surface area (Å²) in [5, 5.41) is 3.67. The van der Waals surface area contributed by atoms with Gasteiger partial charge in [-0.3, -0.25) is 0 Å². The number of hydrogen-bond acceptors (Lipinski definition) is 2. The van der Waals surface area contributed by atoms with Crippen LogP contribution in [0.1, 0.15) is 58.8 Å². The third-order valence-electron chi connectivity index (χ3n) is 3.31. The molecule has 0 radical (unpaired) electrons. The van der Waals surface area contributed by atoms with Crippen molar-refractivity contribution < 1.29 is 4.74 Å². The van der Waals surface area contributed by atoms with E-state index in [1.165, 1.54) is 32.1 Å². The zero-order valence-corrected chi connectivity index (χ0v) is 11.6. The molecule has 2 heteroatoms. The first kappa shape index (κ1) is 14.7. The molecule has 1 aliphatic carbocycles. The van der Waals surface area contributed by atoms with Gasteiger partial charge in [-0.05, 0) is 51.5 Å². The van der Waals surface area contributed by atoms with Crippen molar-refractivity contribution in [1.82, 2.24) is 5.32 Å². The van der Waals surface area contributed by atoms with Crippen LogP contribution in [0.25, 0.3) is 0 Å². The Morgan fingerprint density at radius 2 is 2.12 bits per heavy atom. The SMILES string of the molecule is CCCNC(CCOCCC)C1=CCCCC1. The second-order valence-electron chi connectivity index (χ2n) is 4.93. The first-order valence-corrected chi connectivity index (χ1v) is 7.38. The van der Waals surface area contributed by atoms with Crippen LogP contribution < -0.4 is 5.32 Å². The van der Waals surface area contributed by atoms with E-state index in [1.807, 2.05) is 0 Å². The molecular formula is C15H29NO. The molecule has 0 aromatic heterocycles. The summed E-state index contributed by atoms with van der Waals surface area (Å²) >= 11 is 0. The Morgan fingerprint density at radius 1 is 1.24 bits per heavy atom. The van der Waals surface area contributed by atoms with Gasteiger partial charge in [-0.15, -0.1) is 0 Å². The van der Waals surface area contributed by atoms with Crippen molar-refractivity contribution in [3.63, 3.8) is 0 Å². The van der Waals surface area contributed by atoms with Crippen molar-refractivity contribution in [3.05, 3.63) is 11.6 Å². The maximum atomic E-state index is 5.62. The summed E-state index contributed by atoms with van der Waals surface area (Å²) in [5.41, 5.74) is 1.63. The highest BCUT2D eigenvalue weighted by atomic mass is 16.5. The van der Waals surface area contributed by atoms with E-state index < -0.39 is 0 Å². The Labute approximate surface area is 107 Å². The second-order valence-corrected chi connectivity index (χ2v) is 4.93. The summed E-state index contributed by atoms with van der Waals surface area (Å²) < 4.78 is 5.62. The van der Waals surface area contributed by atoms with Crippen LogP contribution >= 0.6 is 0 Å². The first-order valence-electron chi connectivity index (χ1n) is 7.38. The molecule has 1 N–H and O–H groups in total. The molecule has 1 unspecified atom stereocenters. The fourth-order valence-corrected chi connectivity index (χ4v) is 2.36. The number of allylic oxidation sites excluding steroid dienone is 1. The van der Waals surface area contributed by atoms with Crippen molar-refractivity contribution in [1.29, 1.82) is 0 Å². The summed E-state index contributed by atoms with van der Waals surface area (Å²) in [5.74, 6) is 0. The molecule has 0 saturated heterocycles. The molecule has 0 aromatic carbocycles. The standard InChI is InChI=1S/C15H29NO/c1-3-11-16-15(10-13-17-12-4-2)14-8-6-5-7-9-14/h8,15-16H,3-7,9-13H2,1-2H3. The average Bonchev–Trinajstić information content (AvgIpc) is 2.39. The van der Waals surface area contributed by atoms with Crippen molar-refractivity contribution in [3.8, 4) is 0 Å². The van der Waals surface area contributed by atoms with Crippen LogP contribution in [0.5, 0.6) is 0 Å². The predicted octanol–water partition coefficient (Wildman–Crippen LogP) is 3.67. The van der Waals surface area contributed by atoms with E-state index in [0.29, 0.717) is 6.04 Å². The van der Waals surface area contributed by atoms with Gasteiger partial charge in [-0.1, -0.05) is 25.5 Å². The number of ether oxygens (including phenoxy) is 1. The lowest BCUT2D eigenvalue weighted by atomic mass is 9.92. The van der Waals surface area contributed by atoms with Crippen LogP contribution in [-0.2, 0) is 4.74 Å². The van der Waals surface area contributed by atoms with Crippen LogP contribution in [0.3, 0.4) is 0 Å². The normalized spacial score (nSPS) is 17.9. The Morgan fingerprint density at radius 3 is 2.76 bits per heavy atom. The molecule has 0 fully saturated rings. The molecule has 0 spiro atoms. The summed E-state index contributed by atoms with van der Waals surface area (Å²) in [6, 6.07) is 0.562. The highest BCUT2D eigenvalue weighted by Crippen LogP contribution is 2.22. The van der Waals surface area contributed by atoms with Crippen LogP contribution in [-0.4, -0.2) is 25.8 Å². The van der Waals surface area contributed by atoms with Gasteiger partial charge < -0.3 is 10.1 Å². The number of nitrogens with one attached hydrogen (secondary N) is 1. The Hall–Kier alpha value is -0.340. The quantitative estimate of drug-likeness (QED) is 0.489. The minimum Gasteiger partial charge on any atom is -0.381 e. The topological polar surface area (TPSA) is 21.3 Å². The highest BCUT2D eigenvalue weighted by Gasteiger charge is 2.15. The van der Waals surface area contributed by atoms with Gasteiger partial charge in [0.1, 0.15) is 0 Å². The van der Waals surface area contributed by atoms with Crippen LogP contribution in [0.2, 0.25) is 0 Å². The van der Waals surface area contributed by atoms with Gasteiger partial charge in [-0.2, -0.15) is 0 Å². The predicted molar refractivity (Wildman–Crippen MR) is 74.4 cm³/mol. The van der Waals surface area contributed by atoms with E-state index >= 15 is 0 Å². The zero-order chi connectivity index (χ0) is 12.3. The molecule has 1 rings (SSSR count). The van der Waals surface area contributed by atoms with E-state index in [4.69, 9.17) is 4.74 Å². The minimum atomic E-state index is 0.562. The van der Waals surface area contributed by atoms with Crippen LogP contribution in [0.4, 0.5) is 0 Å². The molecule has 0 heterocycles. The van der Waals surface area contributed by atoms with Crippen LogP contribution in [0.15, 0.2) is 11.6 Å². The average molecular weight is 239 g/mol. The van der Waals surface area contributed by atoms with Gasteiger partial charge in [-0.25, -0.2) is 0 Å². The van der Waals surface area contributed by atoms with Crippen molar-refractivity contribution in [2.75, 3.05) is 19.8 Å². The van der Waals surface area contributed by atoms with Crippen molar-refractivity contribution >= 4 is 0 Å². The summed E-state index contributed by atoms with van der Waals surface area (Å²) in [7, 11) is 0. The monoisotopic (exact) mass is 239 g/mol. The third-order valence-corrected chi connectivity index (χ3v) is 3.31. The molecule has 0 aliphatic heterocycles. The maximum absolute atomic E-state index is 5.62. The van der Waals surface area contributed by atoms with E-state index in [1.54, 1.807) is 5.57 Å². The van der Waals surface area contributed by atoms with Crippen LogP contribution in [0, 0.1) is 0 Å². The fraction of sp³-hybridized carbons (Fsp3) is 0.867. The van der Waals surface area contributed by atoms with Gasteiger partial charge in [0.2, 0.25) is 0 Å². The highest BCUT2D eigenvalue weighted by molar-refractivity contribution is 5.13. The molecule has 1 aliphatic rings. The summed E-state index contributed by atoms with van der Waals surface area (Å²) in [6.07, 6.45) is 11.2. The molecule has 2 nitrogen and oxygen atoms in total. The molecule has 0 bridgehead atoms. The van der Waals surface area contributed by atoms with Gasteiger partial charge in [0.15, 0.2) is 0 Å². The molecule has 0 aromatic rings. The second kappa shape index (κ2) is 9.67. The molecule has 100 valence electrons. The molecule has 17 heavy (non-hydrogen) atoms. The summed E-state index contributed by atoms with van der Waals surface area (Å²) in [6.45, 7) is 7.31. The Bertz CT molecular complexity index is 213. The van der Waals surface area contributed by atoms with Gasteiger partial charge in [0, 0.05) is 19.3 Å².